The number of carbonyl (C=O) groups excluding carboxylic acids is 1. The van der Waals surface area contributed by atoms with Crippen molar-refractivity contribution in [2.24, 2.45) is 4.99 Å². The SMILES string of the molecule is CCc1ccccc1CNC(=NC)N1CCN(CC(=O)NCCOC)CC1. The number of hydrogen-bond acceptors (Lipinski definition) is 4. The molecule has 1 aromatic carbocycles. The Labute approximate surface area is 162 Å². The van der Waals surface area contributed by atoms with Crippen molar-refractivity contribution in [2.45, 2.75) is 19.9 Å². The van der Waals surface area contributed by atoms with Crippen LogP contribution in [0.15, 0.2) is 29.3 Å². The molecule has 1 aliphatic rings. The van der Waals surface area contributed by atoms with E-state index in [0.717, 1.165) is 45.1 Å². The Morgan fingerprint density at radius 2 is 1.85 bits per heavy atom. The van der Waals surface area contributed by atoms with Gasteiger partial charge in [-0.3, -0.25) is 14.7 Å². The third-order valence-corrected chi connectivity index (χ3v) is 4.82. The number of aliphatic imine (C=N–C) groups is 1. The highest BCUT2D eigenvalue weighted by molar-refractivity contribution is 5.80. The van der Waals surface area contributed by atoms with E-state index in [-0.39, 0.29) is 5.91 Å². The molecule has 0 saturated carbocycles. The molecule has 2 N–H and O–H groups in total. The summed E-state index contributed by atoms with van der Waals surface area (Å²) in [6, 6.07) is 8.51. The minimum Gasteiger partial charge on any atom is -0.383 e. The van der Waals surface area contributed by atoms with Crippen LogP contribution >= 0.6 is 0 Å². The summed E-state index contributed by atoms with van der Waals surface area (Å²) in [7, 11) is 3.46. The number of nitrogens with zero attached hydrogens (tertiary/aromatic N) is 3. The number of hydrogen-bond donors (Lipinski definition) is 2. The zero-order chi connectivity index (χ0) is 19.5. The van der Waals surface area contributed by atoms with Gasteiger partial charge in [-0.2, -0.15) is 0 Å². The van der Waals surface area contributed by atoms with Gasteiger partial charge in [0, 0.05) is 53.4 Å². The van der Waals surface area contributed by atoms with Crippen molar-refractivity contribution in [3.8, 4) is 0 Å². The van der Waals surface area contributed by atoms with Crippen LogP contribution < -0.4 is 10.6 Å². The van der Waals surface area contributed by atoms with Crippen LogP contribution in [0, 0.1) is 0 Å². The van der Waals surface area contributed by atoms with E-state index in [1.807, 2.05) is 7.05 Å². The second-order valence-corrected chi connectivity index (χ2v) is 6.63. The minimum atomic E-state index is 0.0548. The molecular formula is C20H33N5O2. The van der Waals surface area contributed by atoms with Crippen LogP contribution in [0.4, 0.5) is 0 Å². The molecule has 1 fully saturated rings. The quantitative estimate of drug-likeness (QED) is 0.398. The first-order valence-electron chi connectivity index (χ1n) is 9.68. The average molecular weight is 376 g/mol. The summed E-state index contributed by atoms with van der Waals surface area (Å²) < 4.78 is 4.95. The fourth-order valence-corrected chi connectivity index (χ4v) is 3.25. The molecule has 1 aromatic rings. The molecule has 0 atom stereocenters. The van der Waals surface area contributed by atoms with Crippen molar-refractivity contribution >= 4 is 11.9 Å². The van der Waals surface area contributed by atoms with Crippen molar-refractivity contribution in [3.05, 3.63) is 35.4 Å². The zero-order valence-corrected chi connectivity index (χ0v) is 16.8. The molecule has 0 aliphatic carbocycles. The molecule has 1 aliphatic heterocycles. The van der Waals surface area contributed by atoms with Gasteiger partial charge < -0.3 is 20.3 Å². The first-order valence-corrected chi connectivity index (χ1v) is 9.68. The molecule has 1 amide bonds. The molecule has 1 heterocycles. The number of carbonyl (C=O) groups is 1. The van der Waals surface area contributed by atoms with Gasteiger partial charge in [-0.1, -0.05) is 31.2 Å². The van der Waals surface area contributed by atoms with E-state index in [0.29, 0.717) is 19.7 Å². The lowest BCUT2D eigenvalue weighted by atomic mass is 10.1. The van der Waals surface area contributed by atoms with E-state index >= 15 is 0 Å². The van der Waals surface area contributed by atoms with Gasteiger partial charge in [-0.05, 0) is 17.5 Å². The van der Waals surface area contributed by atoms with Crippen LogP contribution in [0.5, 0.6) is 0 Å². The maximum atomic E-state index is 11.9. The van der Waals surface area contributed by atoms with Gasteiger partial charge in [-0.15, -0.1) is 0 Å². The van der Waals surface area contributed by atoms with Gasteiger partial charge in [0.05, 0.1) is 13.2 Å². The molecule has 150 valence electrons. The van der Waals surface area contributed by atoms with Gasteiger partial charge in [0.25, 0.3) is 0 Å². The third-order valence-electron chi connectivity index (χ3n) is 4.82. The Morgan fingerprint density at radius 1 is 1.15 bits per heavy atom. The largest absolute Gasteiger partial charge is 0.383 e. The second kappa shape index (κ2) is 11.6. The first kappa shape index (κ1) is 21.2. The van der Waals surface area contributed by atoms with Gasteiger partial charge >= 0.3 is 0 Å². The third kappa shape index (κ3) is 6.84. The van der Waals surface area contributed by atoms with Crippen LogP contribution in [0.3, 0.4) is 0 Å². The minimum absolute atomic E-state index is 0.0548. The first-order chi connectivity index (χ1) is 13.2. The summed E-state index contributed by atoms with van der Waals surface area (Å²) >= 11 is 0. The highest BCUT2D eigenvalue weighted by Gasteiger charge is 2.21. The Hall–Kier alpha value is -2.12. The highest BCUT2D eigenvalue weighted by atomic mass is 16.5. The number of amides is 1. The van der Waals surface area contributed by atoms with E-state index in [4.69, 9.17) is 4.74 Å². The zero-order valence-electron chi connectivity index (χ0n) is 16.8. The fraction of sp³-hybridized carbons (Fsp3) is 0.600. The van der Waals surface area contributed by atoms with Crippen molar-refractivity contribution in [3.63, 3.8) is 0 Å². The van der Waals surface area contributed by atoms with Gasteiger partial charge in [0.2, 0.25) is 5.91 Å². The molecule has 0 spiro atoms. The molecular weight excluding hydrogens is 342 g/mol. The number of aryl methyl sites for hydroxylation is 1. The van der Waals surface area contributed by atoms with Crippen molar-refractivity contribution in [1.29, 1.82) is 0 Å². The van der Waals surface area contributed by atoms with E-state index < -0.39 is 0 Å². The summed E-state index contributed by atoms with van der Waals surface area (Å²) in [6.07, 6.45) is 1.03. The number of piperazine rings is 1. The lowest BCUT2D eigenvalue weighted by Gasteiger charge is -2.36. The number of ether oxygens (including phenoxy) is 1. The monoisotopic (exact) mass is 375 g/mol. The standard InChI is InChI=1S/C20H33N5O2/c1-4-17-7-5-6-8-18(17)15-23-20(21-2)25-12-10-24(11-13-25)16-19(26)22-9-14-27-3/h5-8H,4,9-16H2,1-3H3,(H,21,23)(H,22,26). The molecule has 1 saturated heterocycles. The fourth-order valence-electron chi connectivity index (χ4n) is 3.25. The van der Waals surface area contributed by atoms with Gasteiger partial charge in [0.15, 0.2) is 5.96 Å². The Balaban J connectivity index is 1.77. The van der Waals surface area contributed by atoms with Crippen LogP contribution in [0.25, 0.3) is 0 Å². The summed E-state index contributed by atoms with van der Waals surface area (Å²) in [5.74, 6) is 0.976. The maximum Gasteiger partial charge on any atom is 0.234 e. The van der Waals surface area contributed by atoms with Crippen LogP contribution in [0.1, 0.15) is 18.1 Å². The number of rotatable bonds is 8. The average Bonchev–Trinajstić information content (AvgIpc) is 2.70. The van der Waals surface area contributed by atoms with E-state index in [1.165, 1.54) is 11.1 Å². The lowest BCUT2D eigenvalue weighted by molar-refractivity contribution is -0.122. The number of guanidine groups is 1. The summed E-state index contributed by atoms with van der Waals surface area (Å²) in [4.78, 5) is 20.8. The molecule has 0 bridgehead atoms. The molecule has 0 unspecified atom stereocenters. The summed E-state index contributed by atoms with van der Waals surface area (Å²) in [5.41, 5.74) is 2.68. The van der Waals surface area contributed by atoms with Crippen LogP contribution in [-0.4, -0.2) is 81.7 Å². The molecule has 0 radical (unpaired) electrons. The van der Waals surface area contributed by atoms with E-state index in [1.54, 1.807) is 7.11 Å². The van der Waals surface area contributed by atoms with Gasteiger partial charge in [-0.25, -0.2) is 0 Å². The summed E-state index contributed by atoms with van der Waals surface area (Å²) in [6.45, 7) is 7.92. The molecule has 2 rings (SSSR count). The summed E-state index contributed by atoms with van der Waals surface area (Å²) in [5, 5.41) is 6.35. The smallest absolute Gasteiger partial charge is 0.234 e. The van der Waals surface area contributed by atoms with Gasteiger partial charge in [0.1, 0.15) is 0 Å². The molecule has 7 heteroatoms. The van der Waals surface area contributed by atoms with Crippen molar-refractivity contribution in [1.82, 2.24) is 20.4 Å². The lowest BCUT2D eigenvalue weighted by Crippen LogP contribution is -2.54. The predicted octanol–water partition coefficient (Wildman–Crippen LogP) is 0.705. The predicted molar refractivity (Wildman–Crippen MR) is 109 cm³/mol. The van der Waals surface area contributed by atoms with Crippen LogP contribution in [-0.2, 0) is 22.5 Å². The topological polar surface area (TPSA) is 69.2 Å². The molecule has 0 aromatic heterocycles. The van der Waals surface area contributed by atoms with E-state index in [9.17, 15) is 4.79 Å². The Morgan fingerprint density at radius 3 is 2.48 bits per heavy atom. The number of methoxy groups -OCH3 is 1. The van der Waals surface area contributed by atoms with Crippen molar-refractivity contribution in [2.75, 3.05) is 60.0 Å². The molecule has 27 heavy (non-hydrogen) atoms. The normalized spacial score (nSPS) is 15.7. The maximum absolute atomic E-state index is 11.9. The molecule has 7 nitrogen and oxygen atoms in total. The number of nitrogens with one attached hydrogen (secondary N) is 2. The van der Waals surface area contributed by atoms with Crippen molar-refractivity contribution < 1.29 is 9.53 Å². The van der Waals surface area contributed by atoms with Crippen LogP contribution in [0.2, 0.25) is 0 Å². The van der Waals surface area contributed by atoms with E-state index in [2.05, 4.69) is 56.6 Å². The Kier molecular flexibility index (Phi) is 9.07. The Bertz CT molecular complexity index is 612. The number of benzene rings is 1. The highest BCUT2D eigenvalue weighted by Crippen LogP contribution is 2.09. The second-order valence-electron chi connectivity index (χ2n) is 6.63.